The fraction of sp³-hybridized carbons (Fsp3) is 0.229. The van der Waals surface area contributed by atoms with Crippen molar-refractivity contribution in [3.63, 3.8) is 0 Å². The van der Waals surface area contributed by atoms with E-state index in [4.69, 9.17) is 9.73 Å². The smallest absolute Gasteiger partial charge is 0.338 e. The molecule has 0 bridgehead atoms. The summed E-state index contributed by atoms with van der Waals surface area (Å²) in [5, 5.41) is 1.000. The van der Waals surface area contributed by atoms with Crippen molar-refractivity contribution in [2.45, 2.75) is 46.2 Å². The third-order valence-corrected chi connectivity index (χ3v) is 8.79. The van der Waals surface area contributed by atoms with Crippen LogP contribution in [-0.2, 0) is 16.1 Å². The van der Waals surface area contributed by atoms with Gasteiger partial charge >= 0.3 is 5.97 Å². The highest BCUT2D eigenvalue weighted by Crippen LogP contribution is 2.32. The van der Waals surface area contributed by atoms with Crippen molar-refractivity contribution >= 4 is 34.3 Å². The summed E-state index contributed by atoms with van der Waals surface area (Å²) in [5.74, 6) is -0.393. The van der Waals surface area contributed by atoms with E-state index >= 15 is 0 Å². The number of ether oxygens (including phenoxy) is 1. The Morgan fingerprint density at radius 1 is 1.07 bits per heavy atom. The highest BCUT2D eigenvalue weighted by Gasteiger charge is 2.33. The Hall–Kier alpha value is -4.56. The number of carbonyl (C=O) groups excluding carboxylic acids is 1. The minimum atomic E-state index is -0.654. The number of carbonyl (C=O) groups is 1. The summed E-state index contributed by atoms with van der Waals surface area (Å²) < 4.78 is 23.2. The molecular weight excluding hydrogens is 561 g/mol. The predicted molar refractivity (Wildman–Crippen MR) is 168 cm³/mol. The molecule has 3 heterocycles. The maximum Gasteiger partial charge on any atom is 0.338 e. The highest BCUT2D eigenvalue weighted by molar-refractivity contribution is 7.07. The number of thiazole rings is 1. The average Bonchev–Trinajstić information content (AvgIpc) is 3.49. The molecule has 0 amide bonds. The number of hydrogen-bond donors (Lipinski definition) is 0. The Morgan fingerprint density at radius 2 is 1.79 bits per heavy atom. The summed E-state index contributed by atoms with van der Waals surface area (Å²) in [6, 6.07) is 21.9. The van der Waals surface area contributed by atoms with Crippen LogP contribution in [0.15, 0.2) is 100 Å². The van der Waals surface area contributed by atoms with Gasteiger partial charge < -0.3 is 9.30 Å². The lowest BCUT2D eigenvalue weighted by Crippen LogP contribution is -2.39. The molecule has 1 unspecified atom stereocenters. The van der Waals surface area contributed by atoms with Gasteiger partial charge in [-0.3, -0.25) is 9.36 Å². The fourth-order valence-corrected chi connectivity index (χ4v) is 6.66. The van der Waals surface area contributed by atoms with Crippen LogP contribution in [0, 0.1) is 5.82 Å². The molecule has 8 heteroatoms. The zero-order valence-electron chi connectivity index (χ0n) is 24.5. The molecule has 0 saturated carbocycles. The Kier molecular flexibility index (Phi) is 7.71. The average molecular weight is 594 g/mol. The second-order valence-corrected chi connectivity index (χ2v) is 12.0. The maximum atomic E-state index is 14.1. The molecule has 1 aliphatic rings. The quantitative estimate of drug-likeness (QED) is 0.216. The summed E-state index contributed by atoms with van der Waals surface area (Å²) in [4.78, 5) is 32.6. The van der Waals surface area contributed by atoms with Crippen molar-refractivity contribution in [2.24, 2.45) is 4.99 Å². The second-order valence-electron chi connectivity index (χ2n) is 11.0. The van der Waals surface area contributed by atoms with E-state index < -0.39 is 12.0 Å². The minimum Gasteiger partial charge on any atom is -0.463 e. The Balaban J connectivity index is 1.50. The first-order valence-electron chi connectivity index (χ1n) is 14.4. The monoisotopic (exact) mass is 593 g/mol. The van der Waals surface area contributed by atoms with Gasteiger partial charge in [-0.05, 0) is 60.7 Å². The summed E-state index contributed by atoms with van der Waals surface area (Å²) in [6.45, 7) is 8.60. The molecular formula is C35H32FN3O3S. The molecule has 2 aromatic heterocycles. The molecule has 218 valence electrons. The molecule has 1 aliphatic heterocycles. The SMILES string of the molecule is CCOC(=O)C1=C(C)N=c2sc(=Cc3cn(Cc4ccc(F)cc4)c4ccccc34)c(=O)n2C1c1ccc(C(C)C)cc1. The van der Waals surface area contributed by atoms with E-state index in [1.807, 2.05) is 60.8 Å². The summed E-state index contributed by atoms with van der Waals surface area (Å²) in [6.07, 6.45) is 3.92. The van der Waals surface area contributed by atoms with Crippen molar-refractivity contribution in [3.8, 4) is 0 Å². The van der Waals surface area contributed by atoms with Gasteiger partial charge in [0.15, 0.2) is 4.80 Å². The molecule has 0 fully saturated rings. The van der Waals surface area contributed by atoms with Crippen LogP contribution >= 0.6 is 11.3 Å². The van der Waals surface area contributed by atoms with E-state index in [2.05, 4.69) is 18.4 Å². The van der Waals surface area contributed by atoms with Gasteiger partial charge in [-0.2, -0.15) is 0 Å². The molecule has 6 nitrogen and oxygen atoms in total. The number of esters is 1. The predicted octanol–water partition coefficient (Wildman–Crippen LogP) is 6.06. The third-order valence-electron chi connectivity index (χ3n) is 7.81. The van der Waals surface area contributed by atoms with E-state index in [1.54, 1.807) is 30.5 Å². The standard InChI is InChI=1S/C35H32FN3O3S/c1-5-42-34(41)31-22(4)37-35-39(32(31)25-14-12-24(13-15-25)21(2)3)33(40)30(43-35)18-26-20-38(29-9-7-6-8-28(26)29)19-23-10-16-27(36)17-11-23/h6-18,20-21,32H,5,19H2,1-4H3. The van der Waals surface area contributed by atoms with Crippen LogP contribution < -0.4 is 14.9 Å². The number of rotatable bonds is 7. The molecule has 0 saturated heterocycles. The molecule has 1 atom stereocenters. The molecule has 6 rings (SSSR count). The first kappa shape index (κ1) is 28.6. The topological polar surface area (TPSA) is 65.6 Å². The van der Waals surface area contributed by atoms with Crippen LogP contribution in [0.3, 0.4) is 0 Å². The molecule has 0 radical (unpaired) electrons. The molecule has 43 heavy (non-hydrogen) atoms. The zero-order valence-corrected chi connectivity index (χ0v) is 25.3. The number of benzene rings is 3. The van der Waals surface area contributed by atoms with Gasteiger partial charge in [0.2, 0.25) is 0 Å². The number of aromatic nitrogens is 2. The summed E-state index contributed by atoms with van der Waals surface area (Å²) >= 11 is 1.31. The number of para-hydroxylation sites is 1. The summed E-state index contributed by atoms with van der Waals surface area (Å²) in [7, 11) is 0. The van der Waals surface area contributed by atoms with Crippen LogP contribution in [-0.4, -0.2) is 21.7 Å². The first-order chi connectivity index (χ1) is 20.7. The van der Waals surface area contributed by atoms with Crippen molar-refractivity contribution in [1.82, 2.24) is 9.13 Å². The first-order valence-corrected chi connectivity index (χ1v) is 15.2. The molecule has 0 N–H and O–H groups in total. The van der Waals surface area contributed by atoms with E-state index in [0.717, 1.165) is 27.6 Å². The van der Waals surface area contributed by atoms with E-state index in [0.29, 0.717) is 33.1 Å². The van der Waals surface area contributed by atoms with E-state index in [-0.39, 0.29) is 18.0 Å². The molecule has 3 aromatic carbocycles. The lowest BCUT2D eigenvalue weighted by molar-refractivity contribution is -0.139. The Bertz CT molecular complexity index is 2050. The molecule has 0 spiro atoms. The van der Waals surface area contributed by atoms with Crippen LogP contribution in [0.4, 0.5) is 4.39 Å². The van der Waals surface area contributed by atoms with Gasteiger partial charge in [0, 0.05) is 29.2 Å². The van der Waals surface area contributed by atoms with Crippen molar-refractivity contribution < 1.29 is 13.9 Å². The Morgan fingerprint density at radius 3 is 2.49 bits per heavy atom. The van der Waals surface area contributed by atoms with Gasteiger partial charge in [-0.1, -0.05) is 79.8 Å². The zero-order chi connectivity index (χ0) is 30.2. The largest absolute Gasteiger partial charge is 0.463 e. The number of nitrogens with zero attached hydrogens (tertiary/aromatic N) is 3. The van der Waals surface area contributed by atoms with Crippen molar-refractivity contribution in [1.29, 1.82) is 0 Å². The molecule has 5 aromatic rings. The van der Waals surface area contributed by atoms with Gasteiger partial charge in [0.25, 0.3) is 5.56 Å². The fourth-order valence-electron chi connectivity index (χ4n) is 5.62. The van der Waals surface area contributed by atoms with Gasteiger partial charge in [-0.25, -0.2) is 14.2 Å². The highest BCUT2D eigenvalue weighted by atomic mass is 32.1. The van der Waals surface area contributed by atoms with Gasteiger partial charge in [0.1, 0.15) is 5.82 Å². The van der Waals surface area contributed by atoms with Gasteiger partial charge in [0.05, 0.1) is 28.5 Å². The summed E-state index contributed by atoms with van der Waals surface area (Å²) in [5.41, 5.74) is 5.56. The number of halogens is 1. The molecule has 0 aliphatic carbocycles. The van der Waals surface area contributed by atoms with Crippen molar-refractivity contribution in [3.05, 3.63) is 138 Å². The van der Waals surface area contributed by atoms with E-state index in [9.17, 15) is 14.0 Å². The Labute approximate surface area is 252 Å². The van der Waals surface area contributed by atoms with Crippen molar-refractivity contribution in [2.75, 3.05) is 6.61 Å². The lowest BCUT2D eigenvalue weighted by atomic mass is 9.93. The normalized spacial score (nSPS) is 15.2. The minimum absolute atomic E-state index is 0.216. The third kappa shape index (κ3) is 5.39. The lowest BCUT2D eigenvalue weighted by Gasteiger charge is -2.25. The number of allylic oxidation sites excluding steroid dienone is 1. The van der Waals surface area contributed by atoms with Crippen LogP contribution in [0.1, 0.15) is 61.9 Å². The van der Waals surface area contributed by atoms with Crippen LogP contribution in [0.5, 0.6) is 0 Å². The number of fused-ring (bicyclic) bond motifs is 2. The van der Waals surface area contributed by atoms with E-state index in [1.165, 1.54) is 29.0 Å². The second kappa shape index (κ2) is 11.6. The maximum absolute atomic E-state index is 14.1. The van der Waals surface area contributed by atoms with Crippen LogP contribution in [0.2, 0.25) is 0 Å². The van der Waals surface area contributed by atoms with Crippen LogP contribution in [0.25, 0.3) is 17.0 Å². The number of hydrogen-bond acceptors (Lipinski definition) is 5. The van der Waals surface area contributed by atoms with Gasteiger partial charge in [-0.15, -0.1) is 0 Å².